The van der Waals surface area contributed by atoms with Gasteiger partial charge in [0.25, 0.3) is 0 Å². The van der Waals surface area contributed by atoms with Crippen LogP contribution in [0.4, 0.5) is 0 Å². The number of ether oxygens (including phenoxy) is 1. The van der Waals surface area contributed by atoms with Crippen LogP contribution in [0.25, 0.3) is 0 Å². The van der Waals surface area contributed by atoms with E-state index in [2.05, 4.69) is 10.2 Å². The number of morpholine rings is 1. The topological polar surface area (TPSA) is 58.6 Å². The molecule has 1 saturated carbocycles. The maximum absolute atomic E-state index is 11.6. The van der Waals surface area contributed by atoms with Crippen LogP contribution in [-0.4, -0.2) is 70.3 Å². The molecule has 2 aliphatic rings. The Hall–Kier alpha value is -0.170. The molecule has 0 spiro atoms. The summed E-state index contributed by atoms with van der Waals surface area (Å²) < 4.78 is 28.6. The lowest BCUT2D eigenvalue weighted by molar-refractivity contribution is 0.0373. The third kappa shape index (κ3) is 5.31. The molecule has 2 fully saturated rings. The number of rotatable bonds is 6. The van der Waals surface area contributed by atoms with Crippen LogP contribution in [0.5, 0.6) is 0 Å². The van der Waals surface area contributed by atoms with Gasteiger partial charge in [0, 0.05) is 25.4 Å². The van der Waals surface area contributed by atoms with Crippen molar-refractivity contribution >= 4 is 9.84 Å². The Kier molecular flexibility index (Phi) is 6.26. The molecule has 0 aromatic rings. The zero-order chi connectivity index (χ0) is 14.4. The predicted octanol–water partition coefficient (Wildman–Crippen LogP) is 0.654. The van der Waals surface area contributed by atoms with E-state index in [1.54, 1.807) is 0 Å². The van der Waals surface area contributed by atoms with Gasteiger partial charge in [0.1, 0.15) is 9.84 Å². The van der Waals surface area contributed by atoms with Crippen molar-refractivity contribution in [1.82, 2.24) is 10.2 Å². The van der Waals surface area contributed by atoms with E-state index in [1.807, 2.05) is 0 Å². The quantitative estimate of drug-likeness (QED) is 0.730. The summed E-state index contributed by atoms with van der Waals surface area (Å²) in [6, 6.07) is 0.383. The molecule has 1 heterocycles. The van der Waals surface area contributed by atoms with Gasteiger partial charge in [-0.3, -0.25) is 4.90 Å². The summed E-state index contributed by atoms with van der Waals surface area (Å²) in [5.41, 5.74) is 0. The minimum Gasteiger partial charge on any atom is -0.379 e. The number of nitrogens with zero attached hydrogens (tertiary/aromatic N) is 1. The lowest BCUT2D eigenvalue weighted by Crippen LogP contribution is -2.41. The lowest BCUT2D eigenvalue weighted by atomic mass is 9.95. The van der Waals surface area contributed by atoms with Gasteiger partial charge in [-0.25, -0.2) is 8.42 Å². The van der Waals surface area contributed by atoms with Crippen molar-refractivity contribution in [2.45, 2.75) is 43.4 Å². The van der Waals surface area contributed by atoms with Gasteiger partial charge in [-0.15, -0.1) is 0 Å². The Morgan fingerprint density at radius 2 is 2.00 bits per heavy atom. The fourth-order valence-corrected chi connectivity index (χ4v) is 4.33. The molecule has 118 valence electrons. The molecule has 0 aromatic carbocycles. The third-order valence-corrected chi connectivity index (χ3v) is 6.06. The summed E-state index contributed by atoms with van der Waals surface area (Å²) in [7, 11) is -2.87. The van der Waals surface area contributed by atoms with Gasteiger partial charge in [0.2, 0.25) is 0 Å². The Morgan fingerprint density at radius 1 is 1.25 bits per heavy atom. The summed E-state index contributed by atoms with van der Waals surface area (Å²) in [6.45, 7) is 5.88. The average Bonchev–Trinajstić information content (AvgIpc) is 2.44. The summed E-state index contributed by atoms with van der Waals surface area (Å²) in [5, 5.41) is 3.41. The largest absolute Gasteiger partial charge is 0.379 e. The van der Waals surface area contributed by atoms with E-state index in [1.165, 1.54) is 6.26 Å². The Balaban J connectivity index is 1.61. The molecule has 0 radical (unpaired) electrons. The predicted molar refractivity (Wildman–Crippen MR) is 80.8 cm³/mol. The highest BCUT2D eigenvalue weighted by Gasteiger charge is 2.28. The van der Waals surface area contributed by atoms with Gasteiger partial charge >= 0.3 is 0 Å². The van der Waals surface area contributed by atoms with Crippen LogP contribution in [0.15, 0.2) is 0 Å². The van der Waals surface area contributed by atoms with Crippen LogP contribution in [0.1, 0.15) is 32.1 Å². The summed E-state index contributed by atoms with van der Waals surface area (Å²) in [4.78, 5) is 2.44. The molecule has 2 atom stereocenters. The minimum absolute atomic E-state index is 0.131. The molecule has 1 aliphatic carbocycles. The minimum atomic E-state index is -2.87. The molecule has 0 bridgehead atoms. The molecule has 6 heteroatoms. The molecular weight excluding hydrogens is 276 g/mol. The highest BCUT2D eigenvalue weighted by Crippen LogP contribution is 2.23. The van der Waals surface area contributed by atoms with Crippen LogP contribution in [-0.2, 0) is 14.6 Å². The van der Waals surface area contributed by atoms with Crippen LogP contribution < -0.4 is 5.32 Å². The van der Waals surface area contributed by atoms with Crippen molar-refractivity contribution in [2.75, 3.05) is 45.6 Å². The van der Waals surface area contributed by atoms with Crippen LogP contribution in [0.3, 0.4) is 0 Å². The van der Waals surface area contributed by atoms with E-state index in [0.29, 0.717) is 6.04 Å². The van der Waals surface area contributed by atoms with E-state index in [-0.39, 0.29) is 5.25 Å². The first-order chi connectivity index (χ1) is 9.55. The van der Waals surface area contributed by atoms with Crippen LogP contribution in [0.2, 0.25) is 0 Å². The molecule has 1 saturated heterocycles. The average molecular weight is 304 g/mol. The zero-order valence-corrected chi connectivity index (χ0v) is 13.3. The maximum Gasteiger partial charge on any atom is 0.150 e. The smallest absolute Gasteiger partial charge is 0.150 e. The SMILES string of the molecule is CS(=O)(=O)C1CCCC(NCCCN2CCOCC2)C1. The van der Waals surface area contributed by atoms with Crippen molar-refractivity contribution in [1.29, 1.82) is 0 Å². The molecule has 0 amide bonds. The van der Waals surface area contributed by atoms with E-state index in [4.69, 9.17) is 4.74 Å². The van der Waals surface area contributed by atoms with Crippen LogP contribution >= 0.6 is 0 Å². The maximum atomic E-state index is 11.6. The Labute approximate surface area is 123 Å². The molecular formula is C14H28N2O3S. The highest BCUT2D eigenvalue weighted by atomic mass is 32.2. The molecule has 1 aliphatic heterocycles. The van der Waals surface area contributed by atoms with Crippen molar-refractivity contribution in [3.05, 3.63) is 0 Å². The summed E-state index contributed by atoms with van der Waals surface area (Å²) >= 11 is 0. The zero-order valence-electron chi connectivity index (χ0n) is 12.5. The van der Waals surface area contributed by atoms with Crippen LogP contribution in [0, 0.1) is 0 Å². The molecule has 5 nitrogen and oxygen atoms in total. The number of nitrogens with one attached hydrogen (secondary N) is 1. The molecule has 2 unspecified atom stereocenters. The first kappa shape index (κ1) is 16.2. The fourth-order valence-electron chi connectivity index (χ4n) is 3.15. The number of sulfone groups is 1. The fraction of sp³-hybridized carbons (Fsp3) is 1.00. The monoisotopic (exact) mass is 304 g/mol. The first-order valence-electron chi connectivity index (χ1n) is 7.78. The molecule has 0 aromatic heterocycles. The van der Waals surface area contributed by atoms with E-state index >= 15 is 0 Å². The number of hydrogen-bond donors (Lipinski definition) is 1. The second kappa shape index (κ2) is 7.73. The Bertz CT molecular complexity index is 380. The van der Waals surface area contributed by atoms with E-state index in [9.17, 15) is 8.42 Å². The van der Waals surface area contributed by atoms with Crippen molar-refractivity contribution < 1.29 is 13.2 Å². The van der Waals surface area contributed by atoms with Crippen molar-refractivity contribution in [3.8, 4) is 0 Å². The van der Waals surface area contributed by atoms with Gasteiger partial charge in [0.05, 0.1) is 18.5 Å². The van der Waals surface area contributed by atoms with Gasteiger partial charge in [-0.05, 0) is 38.8 Å². The molecule has 20 heavy (non-hydrogen) atoms. The normalized spacial score (nSPS) is 29.4. The van der Waals surface area contributed by atoms with E-state index in [0.717, 1.165) is 71.5 Å². The summed E-state index contributed by atoms with van der Waals surface area (Å²) in [5.74, 6) is 0. The van der Waals surface area contributed by atoms with Crippen molar-refractivity contribution in [3.63, 3.8) is 0 Å². The first-order valence-corrected chi connectivity index (χ1v) is 9.73. The van der Waals surface area contributed by atoms with Gasteiger partial charge < -0.3 is 10.1 Å². The Morgan fingerprint density at radius 3 is 2.70 bits per heavy atom. The molecule has 1 N–H and O–H groups in total. The molecule has 2 rings (SSSR count). The summed E-state index contributed by atoms with van der Waals surface area (Å²) in [6.07, 6.45) is 6.27. The van der Waals surface area contributed by atoms with Crippen molar-refractivity contribution in [2.24, 2.45) is 0 Å². The second-order valence-corrected chi connectivity index (χ2v) is 8.40. The van der Waals surface area contributed by atoms with Gasteiger partial charge in [-0.2, -0.15) is 0 Å². The number of hydrogen-bond acceptors (Lipinski definition) is 5. The van der Waals surface area contributed by atoms with Gasteiger partial charge in [-0.1, -0.05) is 6.42 Å². The van der Waals surface area contributed by atoms with Gasteiger partial charge in [0.15, 0.2) is 0 Å². The lowest BCUT2D eigenvalue weighted by Gasteiger charge is -2.30. The third-order valence-electron chi connectivity index (χ3n) is 4.42. The second-order valence-electron chi connectivity index (χ2n) is 6.08. The van der Waals surface area contributed by atoms with E-state index < -0.39 is 9.84 Å². The standard InChI is InChI=1S/C14H28N2O3S/c1-20(17,18)14-5-2-4-13(12-14)15-6-3-7-16-8-10-19-11-9-16/h13-15H,2-12H2,1H3. The highest BCUT2D eigenvalue weighted by molar-refractivity contribution is 7.91.